The number of likely N-dealkylation sites (tertiary alicyclic amines) is 1. The van der Waals surface area contributed by atoms with Gasteiger partial charge in [0.2, 0.25) is 0 Å². The number of rotatable bonds is 2. The van der Waals surface area contributed by atoms with E-state index >= 15 is 0 Å². The SMILES string of the molecule is CCN1CCC(n2c(=O)[nH]c3cccc(O)c3c2=O)C1. The number of H-pyrrole nitrogens is 1. The van der Waals surface area contributed by atoms with Crippen molar-refractivity contribution < 1.29 is 5.11 Å². The highest BCUT2D eigenvalue weighted by Crippen LogP contribution is 2.21. The Morgan fingerprint density at radius 3 is 2.90 bits per heavy atom. The molecule has 1 fully saturated rings. The van der Waals surface area contributed by atoms with Gasteiger partial charge >= 0.3 is 5.69 Å². The van der Waals surface area contributed by atoms with Gasteiger partial charge in [0.05, 0.1) is 11.6 Å². The first-order valence-corrected chi connectivity index (χ1v) is 6.80. The average Bonchev–Trinajstić information content (AvgIpc) is 2.87. The van der Waals surface area contributed by atoms with Crippen LogP contribution in [0.25, 0.3) is 10.9 Å². The third-order valence-corrected chi connectivity index (χ3v) is 4.00. The Bertz CT molecular complexity index is 762. The smallest absolute Gasteiger partial charge is 0.329 e. The molecule has 1 unspecified atom stereocenters. The number of likely N-dealkylation sites (N-methyl/N-ethyl adjacent to an activating group) is 1. The van der Waals surface area contributed by atoms with Crippen molar-refractivity contribution in [2.75, 3.05) is 19.6 Å². The van der Waals surface area contributed by atoms with Crippen molar-refractivity contribution in [1.82, 2.24) is 14.5 Å². The molecular formula is C14H17N3O3. The molecule has 1 aromatic heterocycles. The maximum atomic E-state index is 12.5. The van der Waals surface area contributed by atoms with E-state index in [0.29, 0.717) is 12.1 Å². The molecule has 3 rings (SSSR count). The standard InChI is InChI=1S/C14H17N3O3/c1-2-16-7-6-9(8-16)17-13(19)12-10(15-14(17)20)4-3-5-11(12)18/h3-5,9,18H,2,6-8H2,1H3,(H,15,20). The minimum Gasteiger partial charge on any atom is -0.507 e. The van der Waals surface area contributed by atoms with E-state index in [1.165, 1.54) is 10.6 Å². The van der Waals surface area contributed by atoms with Gasteiger partial charge < -0.3 is 15.0 Å². The number of fused-ring (bicyclic) bond motifs is 1. The molecule has 0 aliphatic carbocycles. The Morgan fingerprint density at radius 2 is 2.20 bits per heavy atom. The van der Waals surface area contributed by atoms with Crippen LogP contribution in [0.2, 0.25) is 0 Å². The summed E-state index contributed by atoms with van der Waals surface area (Å²) in [5.41, 5.74) is -0.442. The number of phenolic OH excluding ortho intramolecular Hbond substituents is 1. The van der Waals surface area contributed by atoms with E-state index in [2.05, 4.69) is 16.8 Å². The lowest BCUT2D eigenvalue weighted by Crippen LogP contribution is -2.39. The molecule has 2 N–H and O–H groups in total. The molecule has 1 saturated heterocycles. The lowest BCUT2D eigenvalue weighted by Gasteiger charge is -2.15. The van der Waals surface area contributed by atoms with Gasteiger partial charge in [-0.3, -0.25) is 9.36 Å². The molecule has 6 nitrogen and oxygen atoms in total. The van der Waals surface area contributed by atoms with Crippen molar-refractivity contribution in [3.8, 4) is 5.75 Å². The van der Waals surface area contributed by atoms with Crippen LogP contribution in [0.5, 0.6) is 5.75 Å². The Balaban J connectivity index is 2.19. The van der Waals surface area contributed by atoms with E-state index < -0.39 is 11.2 Å². The van der Waals surface area contributed by atoms with Gasteiger partial charge in [0.1, 0.15) is 11.1 Å². The fourth-order valence-electron chi connectivity index (χ4n) is 2.90. The highest BCUT2D eigenvalue weighted by atomic mass is 16.3. The van der Waals surface area contributed by atoms with Gasteiger partial charge in [-0.15, -0.1) is 0 Å². The van der Waals surface area contributed by atoms with E-state index in [0.717, 1.165) is 19.5 Å². The molecule has 6 heteroatoms. The number of benzene rings is 1. The van der Waals surface area contributed by atoms with Gasteiger partial charge in [0, 0.05) is 13.1 Å². The van der Waals surface area contributed by atoms with E-state index in [4.69, 9.17) is 0 Å². The summed E-state index contributed by atoms with van der Waals surface area (Å²) in [4.78, 5) is 29.5. The first kappa shape index (κ1) is 12.9. The maximum Gasteiger partial charge on any atom is 0.329 e. The Morgan fingerprint density at radius 1 is 1.40 bits per heavy atom. The fourth-order valence-corrected chi connectivity index (χ4v) is 2.90. The zero-order chi connectivity index (χ0) is 14.3. The topological polar surface area (TPSA) is 78.3 Å². The quantitative estimate of drug-likeness (QED) is 0.844. The molecule has 2 aromatic rings. The molecule has 2 heterocycles. The molecule has 0 amide bonds. The molecule has 0 spiro atoms. The van der Waals surface area contributed by atoms with Gasteiger partial charge in [-0.05, 0) is 25.1 Å². The number of aromatic nitrogens is 2. The van der Waals surface area contributed by atoms with Crippen molar-refractivity contribution in [2.45, 2.75) is 19.4 Å². The number of aromatic hydroxyl groups is 1. The van der Waals surface area contributed by atoms with Crippen molar-refractivity contribution in [2.24, 2.45) is 0 Å². The van der Waals surface area contributed by atoms with Crippen molar-refractivity contribution in [3.05, 3.63) is 39.0 Å². The first-order valence-electron chi connectivity index (χ1n) is 6.80. The summed E-state index contributed by atoms with van der Waals surface area (Å²) >= 11 is 0. The molecule has 1 aliphatic rings. The van der Waals surface area contributed by atoms with Crippen molar-refractivity contribution in [1.29, 1.82) is 0 Å². The van der Waals surface area contributed by atoms with Crippen LogP contribution in [0, 0.1) is 0 Å². The predicted octanol–water partition coefficient (Wildman–Crippen LogP) is 0.662. The number of hydrogen-bond acceptors (Lipinski definition) is 4. The van der Waals surface area contributed by atoms with Crippen LogP contribution < -0.4 is 11.2 Å². The van der Waals surface area contributed by atoms with Crippen LogP contribution in [0.4, 0.5) is 0 Å². The molecule has 1 aromatic carbocycles. The summed E-state index contributed by atoms with van der Waals surface area (Å²) in [7, 11) is 0. The Kier molecular flexibility index (Phi) is 3.10. The third-order valence-electron chi connectivity index (χ3n) is 4.00. The average molecular weight is 275 g/mol. The summed E-state index contributed by atoms with van der Waals surface area (Å²) in [5, 5.41) is 10.0. The Hall–Kier alpha value is -2.08. The summed E-state index contributed by atoms with van der Waals surface area (Å²) in [5.74, 6) is -0.0946. The summed E-state index contributed by atoms with van der Waals surface area (Å²) in [6.45, 7) is 4.54. The molecule has 0 saturated carbocycles. The van der Waals surface area contributed by atoms with Crippen LogP contribution in [-0.4, -0.2) is 39.2 Å². The van der Waals surface area contributed by atoms with E-state index in [-0.39, 0.29) is 17.2 Å². The second kappa shape index (κ2) is 4.79. The predicted molar refractivity (Wildman–Crippen MR) is 76.3 cm³/mol. The highest BCUT2D eigenvalue weighted by molar-refractivity contribution is 5.83. The van der Waals surface area contributed by atoms with Gasteiger partial charge in [-0.2, -0.15) is 0 Å². The lowest BCUT2D eigenvalue weighted by molar-refractivity contribution is 0.338. The molecule has 1 atom stereocenters. The fraction of sp³-hybridized carbons (Fsp3) is 0.429. The monoisotopic (exact) mass is 275 g/mol. The van der Waals surface area contributed by atoms with Crippen LogP contribution in [0.15, 0.2) is 27.8 Å². The third kappa shape index (κ3) is 1.92. The van der Waals surface area contributed by atoms with E-state index in [9.17, 15) is 14.7 Å². The molecule has 106 valence electrons. The van der Waals surface area contributed by atoms with Crippen LogP contribution in [-0.2, 0) is 0 Å². The van der Waals surface area contributed by atoms with Gasteiger partial charge in [0.25, 0.3) is 5.56 Å². The second-order valence-electron chi connectivity index (χ2n) is 5.14. The molecule has 1 aliphatic heterocycles. The number of aromatic amines is 1. The largest absolute Gasteiger partial charge is 0.507 e. The van der Waals surface area contributed by atoms with Gasteiger partial charge in [-0.1, -0.05) is 13.0 Å². The van der Waals surface area contributed by atoms with Crippen LogP contribution in [0.1, 0.15) is 19.4 Å². The molecule has 20 heavy (non-hydrogen) atoms. The highest BCUT2D eigenvalue weighted by Gasteiger charge is 2.26. The molecular weight excluding hydrogens is 258 g/mol. The zero-order valence-electron chi connectivity index (χ0n) is 11.3. The number of phenols is 1. The number of hydrogen-bond donors (Lipinski definition) is 2. The van der Waals surface area contributed by atoms with Gasteiger partial charge in [0.15, 0.2) is 0 Å². The number of nitrogens with zero attached hydrogens (tertiary/aromatic N) is 2. The normalized spacial score (nSPS) is 19.8. The molecule has 0 radical (unpaired) electrons. The maximum absolute atomic E-state index is 12.5. The number of nitrogens with one attached hydrogen (secondary N) is 1. The summed E-state index contributed by atoms with van der Waals surface area (Å²) in [6, 6.07) is 4.55. The van der Waals surface area contributed by atoms with E-state index in [1.54, 1.807) is 12.1 Å². The van der Waals surface area contributed by atoms with Crippen LogP contribution in [0.3, 0.4) is 0 Å². The van der Waals surface area contributed by atoms with Crippen molar-refractivity contribution >= 4 is 10.9 Å². The van der Waals surface area contributed by atoms with Crippen LogP contribution >= 0.6 is 0 Å². The lowest BCUT2D eigenvalue weighted by atomic mass is 10.2. The molecule has 0 bridgehead atoms. The minimum absolute atomic E-state index is 0.0946. The van der Waals surface area contributed by atoms with Gasteiger partial charge in [-0.25, -0.2) is 4.79 Å². The summed E-state index contributed by atoms with van der Waals surface area (Å²) < 4.78 is 1.25. The zero-order valence-corrected chi connectivity index (χ0v) is 11.3. The Labute approximate surface area is 115 Å². The first-order chi connectivity index (χ1) is 9.61. The van der Waals surface area contributed by atoms with E-state index in [1.807, 2.05) is 0 Å². The minimum atomic E-state index is -0.412. The van der Waals surface area contributed by atoms with Crippen molar-refractivity contribution in [3.63, 3.8) is 0 Å². The summed E-state index contributed by atoms with van der Waals surface area (Å²) in [6.07, 6.45) is 0.774. The second-order valence-corrected chi connectivity index (χ2v) is 5.14.